The molecule has 2 aromatic heterocycles. The molecule has 3 aromatic rings. The van der Waals surface area contributed by atoms with Crippen LogP contribution in [-0.4, -0.2) is 28.0 Å². The van der Waals surface area contributed by atoms with Crippen LogP contribution in [0.3, 0.4) is 0 Å². The summed E-state index contributed by atoms with van der Waals surface area (Å²) in [6.45, 7) is 4.50. The minimum absolute atomic E-state index is 0.0234. The minimum Gasteiger partial charge on any atom is -0.368 e. The molecule has 30 heavy (non-hydrogen) atoms. The van der Waals surface area contributed by atoms with Crippen LogP contribution in [0.15, 0.2) is 42.6 Å². The standard InChI is InChI=1S/C21H19F3N6/c1-13-14(2)29-20(16-5-3-4-6-17(16)21(22,23)24)30-19(13)27-10-9-26-18-8-7-15(11-25)12-28-18/h3-8,12H,9-10H2,1-2H3,(H,26,28)(H,27,29,30). The van der Waals surface area contributed by atoms with Crippen LogP contribution >= 0.6 is 0 Å². The third-order valence-electron chi connectivity index (χ3n) is 4.48. The van der Waals surface area contributed by atoms with Gasteiger partial charge in [0.25, 0.3) is 0 Å². The molecule has 0 amide bonds. The summed E-state index contributed by atoms with van der Waals surface area (Å²) < 4.78 is 40.1. The normalized spacial score (nSPS) is 11.1. The number of benzene rings is 1. The molecule has 0 atom stereocenters. The number of nitrogens with zero attached hydrogens (tertiary/aromatic N) is 4. The van der Waals surface area contributed by atoms with Gasteiger partial charge in [-0.05, 0) is 32.0 Å². The molecule has 1 aromatic carbocycles. The van der Waals surface area contributed by atoms with Crippen LogP contribution in [0.5, 0.6) is 0 Å². The molecule has 0 saturated carbocycles. The van der Waals surface area contributed by atoms with E-state index in [1.807, 2.05) is 13.0 Å². The number of alkyl halides is 3. The van der Waals surface area contributed by atoms with Gasteiger partial charge in [0.1, 0.15) is 17.7 Å². The van der Waals surface area contributed by atoms with E-state index in [1.165, 1.54) is 24.4 Å². The molecule has 0 unspecified atom stereocenters. The summed E-state index contributed by atoms with van der Waals surface area (Å²) in [5.41, 5.74) is 1.00. The van der Waals surface area contributed by atoms with Crippen molar-refractivity contribution in [3.63, 3.8) is 0 Å². The molecule has 6 nitrogen and oxygen atoms in total. The Bertz CT molecular complexity index is 1070. The first kappa shape index (κ1) is 21.0. The number of aryl methyl sites for hydroxylation is 1. The number of nitriles is 1. The largest absolute Gasteiger partial charge is 0.417 e. The van der Waals surface area contributed by atoms with Gasteiger partial charge in [-0.15, -0.1) is 0 Å². The second-order valence-corrected chi connectivity index (χ2v) is 6.55. The van der Waals surface area contributed by atoms with Crippen LogP contribution in [0.1, 0.15) is 22.4 Å². The Morgan fingerprint density at radius 1 is 1.00 bits per heavy atom. The van der Waals surface area contributed by atoms with Gasteiger partial charge in [-0.3, -0.25) is 0 Å². The van der Waals surface area contributed by atoms with Crippen molar-refractivity contribution in [1.82, 2.24) is 15.0 Å². The molecule has 0 spiro atoms. The average molecular weight is 412 g/mol. The Labute approximate surface area is 171 Å². The van der Waals surface area contributed by atoms with Crippen molar-refractivity contribution in [2.45, 2.75) is 20.0 Å². The van der Waals surface area contributed by atoms with Gasteiger partial charge < -0.3 is 10.6 Å². The highest BCUT2D eigenvalue weighted by atomic mass is 19.4. The number of hydrogen-bond acceptors (Lipinski definition) is 6. The Balaban J connectivity index is 1.75. The van der Waals surface area contributed by atoms with Crippen molar-refractivity contribution in [1.29, 1.82) is 5.26 Å². The molecule has 0 saturated heterocycles. The smallest absolute Gasteiger partial charge is 0.368 e. The minimum atomic E-state index is -4.50. The summed E-state index contributed by atoms with van der Waals surface area (Å²) >= 11 is 0. The summed E-state index contributed by atoms with van der Waals surface area (Å²) in [5, 5.41) is 15.0. The highest BCUT2D eigenvalue weighted by molar-refractivity contribution is 5.64. The second-order valence-electron chi connectivity index (χ2n) is 6.55. The Morgan fingerprint density at radius 3 is 2.40 bits per heavy atom. The van der Waals surface area contributed by atoms with E-state index in [1.54, 1.807) is 19.1 Å². The fourth-order valence-corrected chi connectivity index (χ4v) is 2.78. The van der Waals surface area contributed by atoms with Crippen LogP contribution in [0, 0.1) is 25.2 Å². The maximum atomic E-state index is 13.4. The lowest BCUT2D eigenvalue weighted by atomic mass is 10.1. The Morgan fingerprint density at radius 2 is 1.73 bits per heavy atom. The van der Waals surface area contributed by atoms with Crippen molar-refractivity contribution in [2.24, 2.45) is 0 Å². The fourth-order valence-electron chi connectivity index (χ4n) is 2.78. The first-order chi connectivity index (χ1) is 14.3. The third kappa shape index (κ3) is 4.84. The van der Waals surface area contributed by atoms with Crippen LogP contribution in [0.4, 0.5) is 24.8 Å². The monoisotopic (exact) mass is 412 g/mol. The van der Waals surface area contributed by atoms with Gasteiger partial charge in [0.2, 0.25) is 0 Å². The number of pyridine rings is 1. The van der Waals surface area contributed by atoms with E-state index in [-0.39, 0.29) is 11.4 Å². The Kier molecular flexibility index (Phi) is 6.16. The molecule has 154 valence electrons. The quantitative estimate of drug-likeness (QED) is 0.577. The van der Waals surface area contributed by atoms with Crippen molar-refractivity contribution in [2.75, 3.05) is 23.7 Å². The average Bonchev–Trinajstić information content (AvgIpc) is 2.73. The van der Waals surface area contributed by atoms with E-state index in [0.29, 0.717) is 36.0 Å². The number of anilines is 2. The highest BCUT2D eigenvalue weighted by Gasteiger charge is 2.34. The fraction of sp³-hybridized carbons (Fsp3) is 0.238. The maximum Gasteiger partial charge on any atom is 0.417 e. The third-order valence-corrected chi connectivity index (χ3v) is 4.48. The zero-order chi connectivity index (χ0) is 21.7. The molecule has 0 fully saturated rings. The summed E-state index contributed by atoms with van der Waals surface area (Å²) in [6, 6.07) is 10.6. The molecule has 2 N–H and O–H groups in total. The van der Waals surface area contributed by atoms with E-state index in [0.717, 1.165) is 11.6 Å². The van der Waals surface area contributed by atoms with Gasteiger partial charge in [-0.2, -0.15) is 18.4 Å². The molecule has 0 aliphatic rings. The van der Waals surface area contributed by atoms with Crippen molar-refractivity contribution in [3.8, 4) is 17.5 Å². The van der Waals surface area contributed by atoms with Gasteiger partial charge in [0.05, 0.1) is 11.1 Å². The molecule has 3 rings (SSSR count). The molecular weight excluding hydrogens is 393 g/mol. The number of rotatable bonds is 6. The number of hydrogen-bond donors (Lipinski definition) is 2. The van der Waals surface area contributed by atoms with Gasteiger partial charge in [0.15, 0.2) is 5.82 Å². The first-order valence-corrected chi connectivity index (χ1v) is 9.15. The zero-order valence-corrected chi connectivity index (χ0v) is 16.4. The summed E-state index contributed by atoms with van der Waals surface area (Å²) in [4.78, 5) is 12.7. The van der Waals surface area contributed by atoms with Gasteiger partial charge in [-0.25, -0.2) is 15.0 Å². The SMILES string of the molecule is Cc1nc(-c2ccccc2C(F)(F)F)nc(NCCNc2ccc(C#N)cn2)c1C. The molecule has 2 heterocycles. The van der Waals surface area contributed by atoms with E-state index >= 15 is 0 Å². The molecule has 0 radical (unpaired) electrons. The molecular formula is C21H19F3N6. The summed E-state index contributed by atoms with van der Waals surface area (Å²) in [7, 11) is 0. The second kappa shape index (κ2) is 8.78. The molecule has 0 aliphatic heterocycles. The van der Waals surface area contributed by atoms with Gasteiger partial charge in [0, 0.05) is 36.1 Å². The van der Waals surface area contributed by atoms with Crippen molar-refractivity contribution < 1.29 is 13.2 Å². The van der Waals surface area contributed by atoms with Crippen LogP contribution in [0.2, 0.25) is 0 Å². The molecule has 0 bridgehead atoms. The number of nitrogens with one attached hydrogen (secondary N) is 2. The Hall–Kier alpha value is -3.67. The van der Waals surface area contributed by atoms with E-state index in [2.05, 4.69) is 25.6 Å². The predicted octanol–water partition coefficient (Wildman–Crippen LogP) is 4.57. The van der Waals surface area contributed by atoms with Crippen LogP contribution < -0.4 is 10.6 Å². The van der Waals surface area contributed by atoms with E-state index in [4.69, 9.17) is 5.26 Å². The number of halogens is 3. The zero-order valence-electron chi connectivity index (χ0n) is 16.4. The lowest BCUT2D eigenvalue weighted by molar-refractivity contribution is -0.137. The van der Waals surface area contributed by atoms with Gasteiger partial charge in [-0.1, -0.05) is 18.2 Å². The van der Waals surface area contributed by atoms with Gasteiger partial charge >= 0.3 is 6.18 Å². The lowest BCUT2D eigenvalue weighted by Crippen LogP contribution is -2.17. The van der Waals surface area contributed by atoms with E-state index < -0.39 is 11.7 Å². The van der Waals surface area contributed by atoms with Crippen LogP contribution in [0.25, 0.3) is 11.4 Å². The predicted molar refractivity (Wildman–Crippen MR) is 108 cm³/mol. The first-order valence-electron chi connectivity index (χ1n) is 9.15. The summed E-state index contributed by atoms with van der Waals surface area (Å²) in [5.74, 6) is 1.12. The van der Waals surface area contributed by atoms with E-state index in [9.17, 15) is 13.2 Å². The summed E-state index contributed by atoms with van der Waals surface area (Å²) in [6.07, 6.45) is -3.03. The highest BCUT2D eigenvalue weighted by Crippen LogP contribution is 2.36. The van der Waals surface area contributed by atoms with Crippen molar-refractivity contribution >= 4 is 11.6 Å². The van der Waals surface area contributed by atoms with Crippen LogP contribution in [-0.2, 0) is 6.18 Å². The number of aromatic nitrogens is 3. The van der Waals surface area contributed by atoms with Crippen molar-refractivity contribution in [3.05, 3.63) is 65.0 Å². The maximum absolute atomic E-state index is 13.4. The lowest BCUT2D eigenvalue weighted by Gasteiger charge is -2.15. The molecule has 9 heteroatoms. The topological polar surface area (TPSA) is 86.5 Å². The molecule has 0 aliphatic carbocycles.